The summed E-state index contributed by atoms with van der Waals surface area (Å²) in [6.45, 7) is 0.784. The summed E-state index contributed by atoms with van der Waals surface area (Å²) in [6, 6.07) is 3.77. The highest BCUT2D eigenvalue weighted by Gasteiger charge is 2.29. The number of hydrogen-bond acceptors (Lipinski definition) is 6. The van der Waals surface area contributed by atoms with Crippen LogP contribution in [0, 0.1) is 0 Å². The van der Waals surface area contributed by atoms with E-state index in [4.69, 9.17) is 9.84 Å². The first-order valence-corrected chi connectivity index (χ1v) is 9.01. The molecule has 0 radical (unpaired) electrons. The van der Waals surface area contributed by atoms with Gasteiger partial charge < -0.3 is 14.7 Å². The van der Waals surface area contributed by atoms with Crippen LogP contribution in [0.3, 0.4) is 0 Å². The number of nitrogens with zero attached hydrogens (tertiary/aromatic N) is 2. The molecular formula is C15H16N2O4S2. The van der Waals surface area contributed by atoms with Crippen molar-refractivity contribution >= 4 is 34.6 Å². The van der Waals surface area contributed by atoms with Gasteiger partial charge in [0.2, 0.25) is 0 Å². The van der Waals surface area contributed by atoms with Crippen molar-refractivity contribution in [3.8, 4) is 9.88 Å². The Morgan fingerprint density at radius 3 is 2.78 bits per heavy atom. The highest BCUT2D eigenvalue weighted by atomic mass is 32.1. The molecule has 0 bridgehead atoms. The zero-order valence-corrected chi connectivity index (χ0v) is 13.9. The van der Waals surface area contributed by atoms with E-state index in [0.717, 1.165) is 9.88 Å². The maximum absolute atomic E-state index is 12.7. The van der Waals surface area contributed by atoms with Gasteiger partial charge in [-0.25, -0.2) is 4.98 Å². The number of rotatable bonds is 5. The van der Waals surface area contributed by atoms with Crippen molar-refractivity contribution in [1.29, 1.82) is 0 Å². The number of carbonyl (C=O) groups excluding carboxylic acids is 1. The molecule has 6 nitrogen and oxygen atoms in total. The van der Waals surface area contributed by atoms with Crippen LogP contribution in [0.2, 0.25) is 0 Å². The van der Waals surface area contributed by atoms with E-state index >= 15 is 0 Å². The lowest BCUT2D eigenvalue weighted by molar-refractivity contribution is -0.138. The Labute approximate surface area is 141 Å². The zero-order valence-electron chi connectivity index (χ0n) is 12.3. The molecule has 0 spiro atoms. The van der Waals surface area contributed by atoms with Crippen LogP contribution in [0.4, 0.5) is 0 Å². The van der Waals surface area contributed by atoms with Crippen molar-refractivity contribution < 1.29 is 19.4 Å². The second-order valence-corrected chi connectivity index (χ2v) is 6.99. The van der Waals surface area contributed by atoms with Gasteiger partial charge in [-0.05, 0) is 24.3 Å². The molecule has 0 saturated carbocycles. The fourth-order valence-electron chi connectivity index (χ4n) is 2.54. The standard InChI is InChI=1S/C15H16N2O4S2/c18-13(19)8-17(10-3-5-21-6-4-10)15(20)11-9-23-14(16-11)12-2-1-7-22-12/h1-2,7,9-10H,3-6,8H2,(H,18,19). The Kier molecular flexibility index (Phi) is 5.04. The fraction of sp³-hybridized carbons (Fsp3) is 0.400. The van der Waals surface area contributed by atoms with Crippen molar-refractivity contribution in [2.45, 2.75) is 18.9 Å². The Bertz CT molecular complexity index is 677. The van der Waals surface area contributed by atoms with Crippen molar-refractivity contribution in [3.63, 3.8) is 0 Å². The molecule has 1 N–H and O–H groups in total. The summed E-state index contributed by atoms with van der Waals surface area (Å²) in [6.07, 6.45) is 1.31. The minimum atomic E-state index is -1.02. The number of amides is 1. The topological polar surface area (TPSA) is 79.7 Å². The first-order chi connectivity index (χ1) is 11.1. The number of carboxylic acid groups (broad SMARTS) is 1. The summed E-state index contributed by atoms with van der Waals surface area (Å²) in [4.78, 5) is 30.7. The van der Waals surface area contributed by atoms with Gasteiger partial charge in [-0.2, -0.15) is 0 Å². The summed E-state index contributed by atoms with van der Waals surface area (Å²) in [7, 11) is 0. The van der Waals surface area contributed by atoms with Gasteiger partial charge >= 0.3 is 5.97 Å². The van der Waals surface area contributed by atoms with E-state index < -0.39 is 5.97 Å². The molecule has 122 valence electrons. The van der Waals surface area contributed by atoms with E-state index in [1.807, 2.05) is 17.5 Å². The Hall–Kier alpha value is -1.77. The molecule has 8 heteroatoms. The van der Waals surface area contributed by atoms with Gasteiger partial charge in [0.1, 0.15) is 17.2 Å². The number of thiazole rings is 1. The number of thiophene rings is 1. The monoisotopic (exact) mass is 352 g/mol. The average molecular weight is 352 g/mol. The molecule has 0 unspecified atom stereocenters. The van der Waals surface area contributed by atoms with Crippen LogP contribution in [0.15, 0.2) is 22.9 Å². The van der Waals surface area contributed by atoms with Gasteiger partial charge in [-0.1, -0.05) is 6.07 Å². The molecular weight excluding hydrogens is 336 g/mol. The predicted octanol–water partition coefficient (Wildman–Crippen LogP) is 2.58. The van der Waals surface area contributed by atoms with Crippen LogP contribution < -0.4 is 0 Å². The average Bonchev–Trinajstić information content (AvgIpc) is 3.23. The van der Waals surface area contributed by atoms with Gasteiger partial charge in [0.15, 0.2) is 0 Å². The molecule has 1 fully saturated rings. The largest absolute Gasteiger partial charge is 0.480 e. The SMILES string of the molecule is O=C(O)CN(C(=O)c1csc(-c2cccs2)n1)C1CCOCC1. The fourth-order valence-corrected chi connectivity index (χ4v) is 4.15. The van der Waals surface area contributed by atoms with Gasteiger partial charge in [-0.15, -0.1) is 22.7 Å². The van der Waals surface area contributed by atoms with Crippen LogP contribution in [0.5, 0.6) is 0 Å². The van der Waals surface area contributed by atoms with E-state index in [9.17, 15) is 9.59 Å². The van der Waals surface area contributed by atoms with Gasteiger partial charge in [0, 0.05) is 24.6 Å². The third-order valence-electron chi connectivity index (χ3n) is 3.65. The Morgan fingerprint density at radius 1 is 1.35 bits per heavy atom. The highest BCUT2D eigenvalue weighted by molar-refractivity contribution is 7.20. The van der Waals surface area contributed by atoms with E-state index in [1.54, 1.807) is 16.7 Å². The molecule has 2 aromatic rings. The molecule has 1 amide bonds. The second kappa shape index (κ2) is 7.20. The van der Waals surface area contributed by atoms with Crippen LogP contribution >= 0.6 is 22.7 Å². The normalized spacial score (nSPS) is 15.5. The van der Waals surface area contributed by atoms with Crippen LogP contribution in [-0.4, -0.2) is 52.7 Å². The summed E-state index contributed by atoms with van der Waals surface area (Å²) in [5.41, 5.74) is 0.311. The summed E-state index contributed by atoms with van der Waals surface area (Å²) in [5, 5.41) is 13.6. The van der Waals surface area contributed by atoms with Crippen molar-refractivity contribution in [1.82, 2.24) is 9.88 Å². The molecule has 1 aliphatic heterocycles. The molecule has 0 atom stereocenters. The number of hydrogen-bond donors (Lipinski definition) is 1. The number of ether oxygens (including phenoxy) is 1. The van der Waals surface area contributed by atoms with Crippen molar-refractivity contribution in [3.05, 3.63) is 28.6 Å². The third kappa shape index (κ3) is 3.77. The lowest BCUT2D eigenvalue weighted by atomic mass is 10.1. The highest BCUT2D eigenvalue weighted by Crippen LogP contribution is 2.28. The number of aromatic nitrogens is 1. The second-order valence-electron chi connectivity index (χ2n) is 5.19. The Morgan fingerprint density at radius 2 is 2.13 bits per heavy atom. The molecule has 1 aliphatic rings. The van der Waals surface area contributed by atoms with Crippen LogP contribution in [0.25, 0.3) is 9.88 Å². The number of carboxylic acids is 1. The molecule has 0 aromatic carbocycles. The lowest BCUT2D eigenvalue weighted by Crippen LogP contribution is -2.46. The maximum atomic E-state index is 12.7. The third-order valence-corrected chi connectivity index (χ3v) is 5.53. The maximum Gasteiger partial charge on any atom is 0.323 e. The molecule has 0 aliphatic carbocycles. The summed E-state index contributed by atoms with van der Waals surface area (Å²) >= 11 is 2.96. The van der Waals surface area contributed by atoms with Gasteiger partial charge in [0.05, 0.1) is 4.88 Å². The zero-order chi connectivity index (χ0) is 16.2. The first kappa shape index (κ1) is 16.1. The molecule has 2 aromatic heterocycles. The minimum Gasteiger partial charge on any atom is -0.480 e. The smallest absolute Gasteiger partial charge is 0.323 e. The van der Waals surface area contributed by atoms with E-state index in [1.165, 1.54) is 16.2 Å². The molecule has 3 heterocycles. The van der Waals surface area contributed by atoms with E-state index in [0.29, 0.717) is 31.7 Å². The summed E-state index contributed by atoms with van der Waals surface area (Å²) < 4.78 is 5.30. The molecule has 3 rings (SSSR count). The molecule has 23 heavy (non-hydrogen) atoms. The van der Waals surface area contributed by atoms with Gasteiger partial charge in [-0.3, -0.25) is 9.59 Å². The van der Waals surface area contributed by atoms with Crippen LogP contribution in [-0.2, 0) is 9.53 Å². The molecule has 1 saturated heterocycles. The number of aliphatic carboxylic acids is 1. The van der Waals surface area contributed by atoms with Gasteiger partial charge in [0.25, 0.3) is 5.91 Å². The van der Waals surface area contributed by atoms with E-state index in [2.05, 4.69) is 4.98 Å². The minimum absolute atomic E-state index is 0.112. The number of carbonyl (C=O) groups is 2. The Balaban J connectivity index is 1.81. The van der Waals surface area contributed by atoms with Crippen molar-refractivity contribution in [2.75, 3.05) is 19.8 Å². The first-order valence-electron chi connectivity index (χ1n) is 7.25. The van der Waals surface area contributed by atoms with Crippen molar-refractivity contribution in [2.24, 2.45) is 0 Å². The lowest BCUT2D eigenvalue weighted by Gasteiger charge is -2.32. The summed E-state index contributed by atoms with van der Waals surface area (Å²) in [5.74, 6) is -1.34. The predicted molar refractivity (Wildman–Crippen MR) is 87.9 cm³/mol. The quantitative estimate of drug-likeness (QED) is 0.895. The van der Waals surface area contributed by atoms with Crippen LogP contribution in [0.1, 0.15) is 23.3 Å². The van der Waals surface area contributed by atoms with E-state index in [-0.39, 0.29) is 18.5 Å².